The van der Waals surface area contributed by atoms with E-state index >= 15 is 0 Å². The van der Waals surface area contributed by atoms with Crippen LogP contribution < -0.4 is 5.32 Å². The van der Waals surface area contributed by atoms with E-state index in [0.29, 0.717) is 0 Å². The first-order valence-corrected chi connectivity index (χ1v) is 3.99. The van der Waals surface area contributed by atoms with Crippen LogP contribution in [-0.4, -0.2) is 30.0 Å². The molecule has 0 aliphatic carbocycles. The van der Waals surface area contributed by atoms with Crippen molar-refractivity contribution in [3.8, 4) is 0 Å². The molecule has 0 aromatic carbocycles. The van der Waals surface area contributed by atoms with E-state index in [-0.39, 0.29) is 6.03 Å². The van der Waals surface area contributed by atoms with Gasteiger partial charge in [0.1, 0.15) is 0 Å². The Labute approximate surface area is 77.6 Å². The zero-order valence-electron chi connectivity index (χ0n) is 8.03. The summed E-state index contributed by atoms with van der Waals surface area (Å²) in [4.78, 5) is 16.6. The number of nitrogens with one attached hydrogen (secondary N) is 1. The molecule has 0 aliphatic rings. The average Bonchev–Trinajstić information content (AvgIpc) is 2.04. The van der Waals surface area contributed by atoms with Crippen molar-refractivity contribution in [1.29, 1.82) is 0 Å². The van der Waals surface area contributed by atoms with Crippen molar-refractivity contribution in [1.82, 2.24) is 9.88 Å². The van der Waals surface area contributed by atoms with Crippen LogP contribution in [0.5, 0.6) is 0 Å². The van der Waals surface area contributed by atoms with Crippen LogP contribution in [0, 0.1) is 6.92 Å². The van der Waals surface area contributed by atoms with Crippen molar-refractivity contribution in [3.05, 3.63) is 24.0 Å². The summed E-state index contributed by atoms with van der Waals surface area (Å²) < 4.78 is 0. The van der Waals surface area contributed by atoms with Gasteiger partial charge in [0, 0.05) is 20.3 Å². The quantitative estimate of drug-likeness (QED) is 0.709. The van der Waals surface area contributed by atoms with Gasteiger partial charge in [-0.2, -0.15) is 0 Å². The Morgan fingerprint density at radius 3 is 2.69 bits per heavy atom. The van der Waals surface area contributed by atoms with Gasteiger partial charge in [0.25, 0.3) is 0 Å². The predicted octanol–water partition coefficient (Wildman–Crippen LogP) is 1.48. The van der Waals surface area contributed by atoms with E-state index in [9.17, 15) is 4.79 Å². The third-order valence-electron chi connectivity index (χ3n) is 1.53. The van der Waals surface area contributed by atoms with Crippen LogP contribution >= 0.6 is 0 Å². The molecule has 70 valence electrons. The Hall–Kier alpha value is -1.58. The Morgan fingerprint density at radius 1 is 1.46 bits per heavy atom. The molecule has 0 aliphatic heterocycles. The fourth-order valence-corrected chi connectivity index (χ4v) is 0.859. The minimum Gasteiger partial charge on any atom is -0.331 e. The second kappa shape index (κ2) is 3.89. The first kappa shape index (κ1) is 9.51. The van der Waals surface area contributed by atoms with E-state index in [1.165, 1.54) is 4.90 Å². The number of hydrogen-bond donors (Lipinski definition) is 1. The van der Waals surface area contributed by atoms with Gasteiger partial charge in [-0.1, -0.05) is 0 Å². The SMILES string of the molecule is Cc1cncc(NC(=O)N(C)C)c1. The molecule has 4 heteroatoms. The van der Waals surface area contributed by atoms with E-state index in [0.717, 1.165) is 11.3 Å². The highest BCUT2D eigenvalue weighted by Crippen LogP contribution is 2.07. The summed E-state index contributed by atoms with van der Waals surface area (Å²) in [6.45, 7) is 1.93. The Bertz CT molecular complexity index is 309. The molecule has 2 amide bonds. The van der Waals surface area contributed by atoms with Crippen LogP contribution in [0.15, 0.2) is 18.5 Å². The largest absolute Gasteiger partial charge is 0.331 e. The monoisotopic (exact) mass is 179 g/mol. The number of nitrogens with zero attached hydrogens (tertiary/aromatic N) is 2. The Morgan fingerprint density at radius 2 is 2.15 bits per heavy atom. The zero-order valence-corrected chi connectivity index (χ0v) is 8.03. The summed E-state index contributed by atoms with van der Waals surface area (Å²) >= 11 is 0. The summed E-state index contributed by atoms with van der Waals surface area (Å²) in [7, 11) is 3.39. The number of hydrogen-bond acceptors (Lipinski definition) is 2. The number of aryl methyl sites for hydroxylation is 1. The van der Waals surface area contributed by atoms with Gasteiger partial charge >= 0.3 is 6.03 Å². The molecule has 0 unspecified atom stereocenters. The first-order chi connectivity index (χ1) is 6.09. The van der Waals surface area contributed by atoms with Crippen molar-refractivity contribution in [2.24, 2.45) is 0 Å². The van der Waals surface area contributed by atoms with Crippen molar-refractivity contribution >= 4 is 11.7 Å². The van der Waals surface area contributed by atoms with Gasteiger partial charge in [-0.25, -0.2) is 4.79 Å². The van der Waals surface area contributed by atoms with Gasteiger partial charge < -0.3 is 10.2 Å². The molecule has 1 N–H and O–H groups in total. The Kier molecular flexibility index (Phi) is 2.84. The lowest BCUT2D eigenvalue weighted by Gasteiger charge is -2.11. The molecule has 0 bridgehead atoms. The Balaban J connectivity index is 2.69. The maximum Gasteiger partial charge on any atom is 0.321 e. The average molecular weight is 179 g/mol. The second-order valence-electron chi connectivity index (χ2n) is 3.08. The molecule has 13 heavy (non-hydrogen) atoms. The molecule has 0 saturated carbocycles. The number of carbonyl (C=O) groups excluding carboxylic acids is 1. The maximum absolute atomic E-state index is 11.2. The smallest absolute Gasteiger partial charge is 0.321 e. The number of rotatable bonds is 1. The van der Waals surface area contributed by atoms with Gasteiger partial charge in [-0.15, -0.1) is 0 Å². The van der Waals surface area contributed by atoms with Gasteiger partial charge in [-0.05, 0) is 18.6 Å². The number of carbonyl (C=O) groups is 1. The lowest BCUT2D eigenvalue weighted by atomic mass is 10.3. The molecule has 0 radical (unpaired) electrons. The number of anilines is 1. The normalized spacial score (nSPS) is 9.46. The van der Waals surface area contributed by atoms with Crippen LogP contribution in [0.4, 0.5) is 10.5 Å². The molecular formula is C9H13N3O. The van der Waals surface area contributed by atoms with Crippen LogP contribution in [-0.2, 0) is 0 Å². The number of amides is 2. The highest BCUT2D eigenvalue weighted by Gasteiger charge is 2.03. The van der Waals surface area contributed by atoms with E-state index in [4.69, 9.17) is 0 Å². The fraction of sp³-hybridized carbons (Fsp3) is 0.333. The third-order valence-corrected chi connectivity index (χ3v) is 1.53. The van der Waals surface area contributed by atoms with E-state index in [1.54, 1.807) is 26.5 Å². The van der Waals surface area contributed by atoms with Gasteiger partial charge in [0.05, 0.1) is 11.9 Å². The molecule has 1 rings (SSSR count). The van der Waals surface area contributed by atoms with E-state index in [2.05, 4.69) is 10.3 Å². The highest BCUT2D eigenvalue weighted by molar-refractivity contribution is 5.88. The highest BCUT2D eigenvalue weighted by atomic mass is 16.2. The minimum atomic E-state index is -0.146. The molecule has 0 spiro atoms. The fourth-order valence-electron chi connectivity index (χ4n) is 0.859. The summed E-state index contributed by atoms with van der Waals surface area (Å²) in [5, 5.41) is 2.71. The van der Waals surface area contributed by atoms with Gasteiger partial charge in [-0.3, -0.25) is 4.98 Å². The molecule has 0 saturated heterocycles. The molecule has 1 heterocycles. The molecule has 4 nitrogen and oxygen atoms in total. The second-order valence-corrected chi connectivity index (χ2v) is 3.08. The van der Waals surface area contributed by atoms with Crippen LogP contribution in [0.1, 0.15) is 5.56 Å². The van der Waals surface area contributed by atoms with Crippen LogP contribution in [0.2, 0.25) is 0 Å². The predicted molar refractivity (Wildman–Crippen MR) is 51.7 cm³/mol. The van der Waals surface area contributed by atoms with Crippen molar-refractivity contribution in [2.75, 3.05) is 19.4 Å². The van der Waals surface area contributed by atoms with Crippen LogP contribution in [0.25, 0.3) is 0 Å². The lowest BCUT2D eigenvalue weighted by Crippen LogP contribution is -2.27. The lowest BCUT2D eigenvalue weighted by molar-refractivity contribution is 0.230. The standard InChI is InChI=1S/C9H13N3O/c1-7-4-8(6-10-5-7)11-9(13)12(2)3/h4-6H,1-3H3,(H,11,13). The van der Waals surface area contributed by atoms with E-state index < -0.39 is 0 Å². The number of aromatic nitrogens is 1. The summed E-state index contributed by atoms with van der Waals surface area (Å²) in [5.74, 6) is 0. The van der Waals surface area contributed by atoms with Crippen LogP contribution in [0.3, 0.4) is 0 Å². The molecule has 1 aromatic heterocycles. The minimum absolute atomic E-state index is 0.146. The third kappa shape index (κ3) is 2.74. The van der Waals surface area contributed by atoms with Gasteiger partial charge in [0.15, 0.2) is 0 Å². The summed E-state index contributed by atoms with van der Waals surface area (Å²) in [6, 6.07) is 1.72. The van der Waals surface area contributed by atoms with Crippen molar-refractivity contribution < 1.29 is 4.79 Å². The van der Waals surface area contributed by atoms with Crippen molar-refractivity contribution in [2.45, 2.75) is 6.92 Å². The topological polar surface area (TPSA) is 45.2 Å². The molecule has 1 aromatic rings. The summed E-state index contributed by atoms with van der Waals surface area (Å²) in [5.41, 5.74) is 1.75. The molecule has 0 atom stereocenters. The maximum atomic E-state index is 11.2. The molecule has 0 fully saturated rings. The van der Waals surface area contributed by atoms with Crippen molar-refractivity contribution in [3.63, 3.8) is 0 Å². The number of pyridine rings is 1. The first-order valence-electron chi connectivity index (χ1n) is 3.99. The van der Waals surface area contributed by atoms with Gasteiger partial charge in [0.2, 0.25) is 0 Å². The molecular weight excluding hydrogens is 166 g/mol. The summed E-state index contributed by atoms with van der Waals surface area (Å²) in [6.07, 6.45) is 3.36. The zero-order chi connectivity index (χ0) is 9.84. The van der Waals surface area contributed by atoms with E-state index in [1.807, 2.05) is 13.0 Å². The number of urea groups is 1.